The minimum atomic E-state index is -0.443. The summed E-state index contributed by atoms with van der Waals surface area (Å²) in [6, 6.07) is 75.6. The molecule has 1 aliphatic rings. The molecule has 9 aromatic carbocycles. The molecule has 0 spiro atoms. The number of aromatic nitrogens is 2. The van der Waals surface area contributed by atoms with Crippen molar-refractivity contribution in [1.82, 2.24) is 9.13 Å². The van der Waals surface area contributed by atoms with Crippen LogP contribution in [0.15, 0.2) is 211 Å². The molecule has 3 aromatic heterocycles. The van der Waals surface area contributed by atoms with Crippen molar-refractivity contribution in [2.45, 2.75) is 5.41 Å². The molecule has 270 valence electrons. The average Bonchev–Trinajstić information content (AvgIpc) is 4.00. The minimum Gasteiger partial charge on any atom is -0.456 e. The van der Waals surface area contributed by atoms with Crippen LogP contribution in [0.25, 0.3) is 88.1 Å². The van der Waals surface area contributed by atoms with Gasteiger partial charge in [0, 0.05) is 43.7 Å². The number of hydrogen-bond acceptors (Lipinski definition) is 1. The summed E-state index contributed by atoms with van der Waals surface area (Å²) in [7, 11) is 0. The predicted octanol–water partition coefficient (Wildman–Crippen LogP) is 14.1. The van der Waals surface area contributed by atoms with E-state index >= 15 is 0 Å². The number of furan rings is 1. The molecule has 13 rings (SSSR count). The highest BCUT2D eigenvalue weighted by atomic mass is 16.3. The van der Waals surface area contributed by atoms with E-state index < -0.39 is 5.41 Å². The Balaban J connectivity index is 1.08. The Morgan fingerprint density at radius 2 is 0.828 bits per heavy atom. The van der Waals surface area contributed by atoms with Gasteiger partial charge in [-0.05, 0) is 94.0 Å². The van der Waals surface area contributed by atoms with Gasteiger partial charge in [0.1, 0.15) is 11.2 Å². The summed E-state index contributed by atoms with van der Waals surface area (Å²) in [4.78, 5) is 0. The van der Waals surface area contributed by atoms with Crippen molar-refractivity contribution in [3.8, 4) is 22.5 Å². The summed E-state index contributed by atoms with van der Waals surface area (Å²) in [5.74, 6) is 0. The summed E-state index contributed by atoms with van der Waals surface area (Å²) in [6.45, 7) is 0. The molecule has 0 atom stereocenters. The molecule has 58 heavy (non-hydrogen) atoms. The van der Waals surface area contributed by atoms with E-state index in [4.69, 9.17) is 4.42 Å². The van der Waals surface area contributed by atoms with Crippen LogP contribution < -0.4 is 0 Å². The summed E-state index contributed by atoms with van der Waals surface area (Å²) >= 11 is 0. The van der Waals surface area contributed by atoms with Crippen LogP contribution in [0.2, 0.25) is 0 Å². The Bertz CT molecular complexity index is 3560. The molecular formula is C55H34N2O. The molecule has 0 unspecified atom stereocenters. The predicted molar refractivity (Wildman–Crippen MR) is 240 cm³/mol. The average molecular weight is 739 g/mol. The van der Waals surface area contributed by atoms with E-state index in [0.29, 0.717) is 0 Å². The van der Waals surface area contributed by atoms with E-state index in [1.807, 2.05) is 6.07 Å². The topological polar surface area (TPSA) is 23.0 Å². The number of benzene rings is 9. The largest absolute Gasteiger partial charge is 0.456 e. The van der Waals surface area contributed by atoms with Crippen molar-refractivity contribution < 1.29 is 4.42 Å². The van der Waals surface area contributed by atoms with Crippen LogP contribution in [0.4, 0.5) is 0 Å². The standard InChI is InChI=1S/C55H34N2O/c1-3-15-35(16-4-1)55(47-23-11-7-19-39(47)40-20-8-12-24-48(40)55)36-27-29-38(30-28-36)56-49-25-13-9-21-41(49)43-31-44-45-33-54-46(42-22-10-14-26-53(42)58-54)32-50(45)57(52(44)34-51(43)56)37-17-5-2-6-18-37/h1-34H. The zero-order valence-corrected chi connectivity index (χ0v) is 31.4. The third-order valence-corrected chi connectivity index (χ3v) is 12.8. The lowest BCUT2D eigenvalue weighted by Crippen LogP contribution is -2.28. The quantitative estimate of drug-likeness (QED) is 0.176. The van der Waals surface area contributed by atoms with Gasteiger partial charge in [-0.15, -0.1) is 0 Å². The lowest BCUT2D eigenvalue weighted by Gasteiger charge is -2.34. The Morgan fingerprint density at radius 3 is 1.57 bits per heavy atom. The van der Waals surface area contributed by atoms with Crippen LogP contribution in [0.5, 0.6) is 0 Å². The Labute approximate surface area is 334 Å². The second-order valence-electron chi connectivity index (χ2n) is 15.6. The van der Waals surface area contributed by atoms with Gasteiger partial charge in [-0.3, -0.25) is 0 Å². The van der Waals surface area contributed by atoms with Gasteiger partial charge in [0.2, 0.25) is 0 Å². The highest BCUT2D eigenvalue weighted by molar-refractivity contribution is 6.22. The highest BCUT2D eigenvalue weighted by Gasteiger charge is 2.45. The van der Waals surface area contributed by atoms with Gasteiger partial charge >= 0.3 is 0 Å². The Kier molecular flexibility index (Phi) is 6.37. The van der Waals surface area contributed by atoms with E-state index in [1.54, 1.807) is 0 Å². The lowest BCUT2D eigenvalue weighted by atomic mass is 9.68. The lowest BCUT2D eigenvalue weighted by molar-refractivity contribution is 0.669. The fourth-order valence-corrected chi connectivity index (χ4v) is 10.4. The minimum absolute atomic E-state index is 0.443. The zero-order chi connectivity index (χ0) is 38.0. The van der Waals surface area contributed by atoms with E-state index in [2.05, 4.69) is 209 Å². The van der Waals surface area contributed by atoms with Gasteiger partial charge in [-0.2, -0.15) is 0 Å². The van der Waals surface area contributed by atoms with Crippen molar-refractivity contribution in [1.29, 1.82) is 0 Å². The van der Waals surface area contributed by atoms with Crippen LogP contribution in [0, 0.1) is 0 Å². The molecule has 0 bridgehead atoms. The van der Waals surface area contributed by atoms with Crippen LogP contribution in [0.3, 0.4) is 0 Å². The highest BCUT2D eigenvalue weighted by Crippen LogP contribution is 2.56. The monoisotopic (exact) mass is 738 g/mol. The molecular weight excluding hydrogens is 705 g/mol. The number of para-hydroxylation sites is 3. The van der Waals surface area contributed by atoms with Crippen LogP contribution >= 0.6 is 0 Å². The van der Waals surface area contributed by atoms with Crippen LogP contribution in [-0.4, -0.2) is 9.13 Å². The third kappa shape index (κ3) is 4.12. The Morgan fingerprint density at radius 1 is 0.310 bits per heavy atom. The second-order valence-corrected chi connectivity index (χ2v) is 15.6. The van der Waals surface area contributed by atoms with Gasteiger partial charge in [-0.25, -0.2) is 0 Å². The summed E-state index contributed by atoms with van der Waals surface area (Å²) in [5.41, 5.74) is 16.1. The molecule has 1 aliphatic carbocycles. The van der Waals surface area contributed by atoms with Crippen molar-refractivity contribution in [2.24, 2.45) is 0 Å². The van der Waals surface area contributed by atoms with Gasteiger partial charge in [0.05, 0.1) is 27.5 Å². The van der Waals surface area contributed by atoms with Crippen LogP contribution in [0.1, 0.15) is 22.3 Å². The number of nitrogens with zero attached hydrogens (tertiary/aromatic N) is 2. The van der Waals surface area contributed by atoms with E-state index in [9.17, 15) is 0 Å². The first kappa shape index (κ1) is 31.6. The molecule has 0 saturated carbocycles. The number of hydrogen-bond donors (Lipinski definition) is 0. The SMILES string of the molecule is c1ccc(-n2c3cc4c(cc3c3cc5c6ccccc6n(-c6ccc(C7(c8ccccc8)c8ccccc8-c8ccccc87)cc6)c5cc32)oc2ccccc24)cc1. The maximum Gasteiger partial charge on any atom is 0.136 e. The smallest absolute Gasteiger partial charge is 0.136 e. The maximum absolute atomic E-state index is 6.45. The fraction of sp³-hybridized carbons (Fsp3) is 0.0182. The van der Waals surface area contributed by atoms with Gasteiger partial charge in [-0.1, -0.05) is 146 Å². The van der Waals surface area contributed by atoms with E-state index in [1.165, 1.54) is 66.0 Å². The molecule has 3 heterocycles. The molecule has 0 aliphatic heterocycles. The van der Waals surface area contributed by atoms with Crippen molar-refractivity contribution in [2.75, 3.05) is 0 Å². The molecule has 0 N–H and O–H groups in total. The number of fused-ring (bicyclic) bond motifs is 12. The third-order valence-electron chi connectivity index (χ3n) is 12.8. The second kappa shape index (κ2) is 11.7. The first-order chi connectivity index (χ1) is 28.8. The molecule has 0 fully saturated rings. The van der Waals surface area contributed by atoms with Crippen molar-refractivity contribution in [3.63, 3.8) is 0 Å². The first-order valence-corrected chi connectivity index (χ1v) is 20.0. The van der Waals surface area contributed by atoms with Gasteiger partial charge in [0.25, 0.3) is 0 Å². The first-order valence-electron chi connectivity index (χ1n) is 20.0. The Hall–Kier alpha value is -7.62. The maximum atomic E-state index is 6.45. The summed E-state index contributed by atoms with van der Waals surface area (Å²) in [5, 5.41) is 7.10. The fourth-order valence-electron chi connectivity index (χ4n) is 10.4. The molecule has 12 aromatic rings. The van der Waals surface area contributed by atoms with Crippen molar-refractivity contribution >= 4 is 65.6 Å². The van der Waals surface area contributed by atoms with Crippen LogP contribution in [-0.2, 0) is 5.41 Å². The normalized spacial score (nSPS) is 13.3. The summed E-state index contributed by atoms with van der Waals surface area (Å²) in [6.07, 6.45) is 0. The van der Waals surface area contributed by atoms with Gasteiger partial charge < -0.3 is 13.6 Å². The molecule has 3 heteroatoms. The van der Waals surface area contributed by atoms with Crippen molar-refractivity contribution in [3.05, 3.63) is 229 Å². The summed E-state index contributed by atoms with van der Waals surface area (Å²) < 4.78 is 11.3. The molecule has 0 radical (unpaired) electrons. The molecule has 0 amide bonds. The van der Waals surface area contributed by atoms with Gasteiger partial charge in [0.15, 0.2) is 0 Å². The zero-order valence-electron chi connectivity index (χ0n) is 31.4. The number of rotatable bonds is 4. The van der Waals surface area contributed by atoms with E-state index in [-0.39, 0.29) is 0 Å². The molecule has 3 nitrogen and oxygen atoms in total. The molecule has 0 saturated heterocycles. The van der Waals surface area contributed by atoms with E-state index in [0.717, 1.165) is 44.3 Å².